The molecule has 22 heavy (non-hydrogen) atoms. The number of aliphatic imine (C=N–C) groups is 1. The van der Waals surface area contributed by atoms with Crippen molar-refractivity contribution in [3.63, 3.8) is 0 Å². The van der Waals surface area contributed by atoms with Crippen LogP contribution in [-0.4, -0.2) is 42.9 Å². The number of benzene rings is 1. The fourth-order valence-electron chi connectivity index (χ4n) is 3.39. The van der Waals surface area contributed by atoms with Crippen LogP contribution in [0.1, 0.15) is 45.1 Å². The highest BCUT2D eigenvalue weighted by Crippen LogP contribution is 2.22. The summed E-state index contributed by atoms with van der Waals surface area (Å²) < 4.78 is 6.07. The molecule has 0 saturated carbocycles. The second kappa shape index (κ2) is 7.28. The third-order valence-corrected chi connectivity index (χ3v) is 4.91. The third kappa shape index (κ3) is 3.89. The molecule has 3 heteroatoms. The molecule has 2 aliphatic heterocycles. The van der Waals surface area contributed by atoms with Gasteiger partial charge in [0.1, 0.15) is 5.75 Å². The van der Waals surface area contributed by atoms with E-state index in [1.54, 1.807) is 0 Å². The van der Waals surface area contributed by atoms with E-state index in [-0.39, 0.29) is 0 Å². The van der Waals surface area contributed by atoms with Gasteiger partial charge in [0.15, 0.2) is 0 Å². The molecule has 0 aliphatic carbocycles. The van der Waals surface area contributed by atoms with E-state index >= 15 is 0 Å². The first-order valence-electron chi connectivity index (χ1n) is 8.73. The van der Waals surface area contributed by atoms with E-state index in [0.717, 1.165) is 25.3 Å². The van der Waals surface area contributed by atoms with Crippen LogP contribution in [0.25, 0.3) is 0 Å². The first-order chi connectivity index (χ1) is 10.7. The summed E-state index contributed by atoms with van der Waals surface area (Å²) in [4.78, 5) is 7.14. The minimum absolute atomic E-state index is 0.672. The quantitative estimate of drug-likeness (QED) is 0.827. The van der Waals surface area contributed by atoms with Crippen LogP contribution in [0.2, 0.25) is 0 Å². The van der Waals surface area contributed by atoms with Crippen molar-refractivity contribution >= 4 is 5.71 Å². The lowest BCUT2D eigenvalue weighted by atomic mass is 9.97. The molecule has 0 N–H and O–H groups in total. The van der Waals surface area contributed by atoms with Gasteiger partial charge in [-0.2, -0.15) is 0 Å². The van der Waals surface area contributed by atoms with E-state index in [4.69, 9.17) is 4.74 Å². The van der Waals surface area contributed by atoms with Gasteiger partial charge in [-0.3, -0.25) is 4.99 Å². The summed E-state index contributed by atoms with van der Waals surface area (Å²) in [6, 6.07) is 9.14. The summed E-state index contributed by atoms with van der Waals surface area (Å²) >= 11 is 0. The van der Waals surface area contributed by atoms with Crippen molar-refractivity contribution in [2.24, 2.45) is 10.9 Å². The largest absolute Gasteiger partial charge is 0.493 e. The number of piperidine rings is 1. The molecule has 2 aliphatic rings. The molecule has 1 fully saturated rings. The van der Waals surface area contributed by atoms with E-state index in [2.05, 4.69) is 48.0 Å². The maximum Gasteiger partial charge on any atom is 0.119 e. The van der Waals surface area contributed by atoms with E-state index in [0.29, 0.717) is 12.0 Å². The van der Waals surface area contributed by atoms with Crippen LogP contribution in [0.5, 0.6) is 5.75 Å². The van der Waals surface area contributed by atoms with Gasteiger partial charge in [0.05, 0.1) is 6.61 Å². The number of hydrogen-bond acceptors (Lipinski definition) is 3. The minimum Gasteiger partial charge on any atom is -0.493 e. The predicted molar refractivity (Wildman–Crippen MR) is 92.0 cm³/mol. The molecule has 1 aromatic rings. The Hall–Kier alpha value is -1.35. The zero-order valence-electron chi connectivity index (χ0n) is 13.9. The van der Waals surface area contributed by atoms with E-state index < -0.39 is 0 Å². The smallest absolute Gasteiger partial charge is 0.119 e. The standard InChI is InChI=1S/C19H28N2O/c1-15(2)21-11-8-16(9-12-21)14-22-18-6-3-5-17(13-18)19-7-4-10-20-19/h3,5-6,13,15-16H,4,7-12,14H2,1-2H3. The van der Waals surface area contributed by atoms with Crippen LogP contribution in [0, 0.1) is 5.92 Å². The third-order valence-electron chi connectivity index (χ3n) is 4.91. The number of ether oxygens (including phenoxy) is 1. The molecule has 0 aromatic heterocycles. The van der Waals surface area contributed by atoms with E-state index in [9.17, 15) is 0 Å². The lowest BCUT2D eigenvalue weighted by Crippen LogP contribution is -2.39. The van der Waals surface area contributed by atoms with Crippen molar-refractivity contribution in [3.8, 4) is 5.75 Å². The fraction of sp³-hybridized carbons (Fsp3) is 0.632. The maximum absolute atomic E-state index is 6.07. The van der Waals surface area contributed by atoms with Gasteiger partial charge < -0.3 is 9.64 Å². The average Bonchev–Trinajstić information content (AvgIpc) is 3.08. The van der Waals surface area contributed by atoms with Gasteiger partial charge in [-0.1, -0.05) is 12.1 Å². The number of hydrogen-bond donors (Lipinski definition) is 0. The zero-order valence-corrected chi connectivity index (χ0v) is 13.9. The Labute approximate surface area is 134 Å². The highest BCUT2D eigenvalue weighted by Gasteiger charge is 2.21. The summed E-state index contributed by atoms with van der Waals surface area (Å²) in [5.41, 5.74) is 2.49. The van der Waals surface area contributed by atoms with Crippen LogP contribution in [-0.2, 0) is 0 Å². The Morgan fingerprint density at radius 1 is 1.27 bits per heavy atom. The Bertz CT molecular complexity index is 516. The normalized spacial score (nSPS) is 20.4. The average molecular weight is 300 g/mol. The van der Waals surface area contributed by atoms with Crippen LogP contribution >= 0.6 is 0 Å². The molecule has 0 amide bonds. The number of nitrogens with zero attached hydrogens (tertiary/aromatic N) is 2. The van der Waals surface area contributed by atoms with Crippen LogP contribution in [0.15, 0.2) is 29.3 Å². The Kier molecular flexibility index (Phi) is 5.14. The predicted octanol–water partition coefficient (Wildman–Crippen LogP) is 3.77. The SMILES string of the molecule is CC(C)N1CCC(COc2cccc(C3=NCCC3)c2)CC1. The molecule has 120 valence electrons. The first-order valence-corrected chi connectivity index (χ1v) is 8.73. The summed E-state index contributed by atoms with van der Waals surface area (Å²) in [5.74, 6) is 1.70. The summed E-state index contributed by atoms with van der Waals surface area (Å²) in [6.45, 7) is 8.82. The Balaban J connectivity index is 1.51. The monoisotopic (exact) mass is 300 g/mol. The van der Waals surface area contributed by atoms with Gasteiger partial charge in [-0.05, 0) is 76.2 Å². The topological polar surface area (TPSA) is 24.8 Å². The minimum atomic E-state index is 0.672. The molecule has 2 heterocycles. The zero-order chi connectivity index (χ0) is 15.4. The van der Waals surface area contributed by atoms with Crippen molar-refractivity contribution in [2.75, 3.05) is 26.2 Å². The van der Waals surface area contributed by atoms with Crippen LogP contribution in [0.3, 0.4) is 0 Å². The van der Waals surface area contributed by atoms with Crippen molar-refractivity contribution in [3.05, 3.63) is 29.8 Å². The lowest BCUT2D eigenvalue weighted by Gasteiger charge is -2.34. The van der Waals surface area contributed by atoms with Gasteiger partial charge in [-0.15, -0.1) is 0 Å². The van der Waals surface area contributed by atoms with Crippen molar-refractivity contribution in [1.29, 1.82) is 0 Å². The highest BCUT2D eigenvalue weighted by atomic mass is 16.5. The molecule has 0 unspecified atom stereocenters. The molecule has 0 bridgehead atoms. The van der Waals surface area contributed by atoms with Crippen molar-refractivity contribution in [2.45, 2.75) is 45.6 Å². The number of rotatable bonds is 5. The van der Waals surface area contributed by atoms with E-state index in [1.165, 1.54) is 43.6 Å². The van der Waals surface area contributed by atoms with Gasteiger partial charge >= 0.3 is 0 Å². The molecule has 1 aromatic carbocycles. The molecule has 0 radical (unpaired) electrons. The molecular weight excluding hydrogens is 272 g/mol. The van der Waals surface area contributed by atoms with Crippen LogP contribution in [0.4, 0.5) is 0 Å². The van der Waals surface area contributed by atoms with Gasteiger partial charge in [0.2, 0.25) is 0 Å². The van der Waals surface area contributed by atoms with Gasteiger partial charge in [0, 0.05) is 18.3 Å². The van der Waals surface area contributed by atoms with Gasteiger partial charge in [-0.25, -0.2) is 0 Å². The Morgan fingerprint density at radius 2 is 2.09 bits per heavy atom. The molecule has 0 spiro atoms. The summed E-state index contributed by atoms with van der Waals surface area (Å²) in [6.07, 6.45) is 4.81. The molecule has 3 nitrogen and oxygen atoms in total. The maximum atomic E-state index is 6.07. The molecule has 0 atom stereocenters. The van der Waals surface area contributed by atoms with E-state index in [1.807, 2.05) is 0 Å². The summed E-state index contributed by atoms with van der Waals surface area (Å²) in [7, 11) is 0. The van der Waals surface area contributed by atoms with Crippen LogP contribution < -0.4 is 4.74 Å². The molecule has 1 saturated heterocycles. The first kappa shape index (κ1) is 15.5. The lowest BCUT2D eigenvalue weighted by molar-refractivity contribution is 0.119. The summed E-state index contributed by atoms with van der Waals surface area (Å²) in [5, 5.41) is 0. The highest BCUT2D eigenvalue weighted by molar-refractivity contribution is 6.01. The van der Waals surface area contributed by atoms with Crippen molar-refractivity contribution in [1.82, 2.24) is 4.90 Å². The second-order valence-electron chi connectivity index (χ2n) is 6.84. The fourth-order valence-corrected chi connectivity index (χ4v) is 3.39. The number of likely N-dealkylation sites (tertiary alicyclic amines) is 1. The van der Waals surface area contributed by atoms with Gasteiger partial charge in [0.25, 0.3) is 0 Å². The van der Waals surface area contributed by atoms with Crippen molar-refractivity contribution < 1.29 is 4.74 Å². The molecular formula is C19H28N2O. The Morgan fingerprint density at radius 3 is 2.77 bits per heavy atom. The molecule has 3 rings (SSSR count). The second-order valence-corrected chi connectivity index (χ2v) is 6.84.